The van der Waals surface area contributed by atoms with Gasteiger partial charge in [0.1, 0.15) is 5.78 Å². The van der Waals surface area contributed by atoms with Crippen molar-refractivity contribution >= 4 is 11.7 Å². The second-order valence-corrected chi connectivity index (χ2v) is 6.45. The molecule has 3 nitrogen and oxygen atoms in total. The summed E-state index contributed by atoms with van der Waals surface area (Å²) in [6, 6.07) is 16.0. The van der Waals surface area contributed by atoms with Gasteiger partial charge in [0.15, 0.2) is 0 Å². The van der Waals surface area contributed by atoms with Gasteiger partial charge in [-0.25, -0.2) is 0 Å². The number of rotatable bonds is 8. The molecule has 0 aromatic heterocycles. The van der Waals surface area contributed by atoms with Crippen LogP contribution in [0.3, 0.4) is 0 Å². The van der Waals surface area contributed by atoms with Crippen LogP contribution in [0.15, 0.2) is 48.5 Å². The number of nitrogens with two attached hydrogens (primary N) is 1. The van der Waals surface area contributed by atoms with Gasteiger partial charge in [0.25, 0.3) is 0 Å². The van der Waals surface area contributed by atoms with Gasteiger partial charge in [-0.15, -0.1) is 0 Å². The van der Waals surface area contributed by atoms with Crippen molar-refractivity contribution in [3.8, 4) is 0 Å². The Morgan fingerprint density at radius 3 is 1.79 bits per heavy atom. The highest BCUT2D eigenvalue weighted by molar-refractivity contribution is 5.92. The number of carbonyl (C=O) groups excluding carboxylic acids is 2. The van der Waals surface area contributed by atoms with E-state index >= 15 is 0 Å². The first-order valence-electron chi connectivity index (χ1n) is 8.42. The highest BCUT2D eigenvalue weighted by Crippen LogP contribution is 2.14. The Hall–Kier alpha value is -2.42. The van der Waals surface area contributed by atoms with E-state index in [1.165, 1.54) is 16.7 Å². The number of primary amides is 1. The Kier molecular flexibility index (Phi) is 6.30. The molecule has 1 unspecified atom stereocenters. The van der Waals surface area contributed by atoms with Crippen molar-refractivity contribution in [2.75, 3.05) is 0 Å². The first-order chi connectivity index (χ1) is 11.5. The van der Waals surface area contributed by atoms with Crippen LogP contribution in [0.2, 0.25) is 0 Å². The highest BCUT2D eigenvalue weighted by atomic mass is 16.1. The smallest absolute Gasteiger partial charge is 0.248 e. The maximum Gasteiger partial charge on any atom is 0.248 e. The van der Waals surface area contributed by atoms with Gasteiger partial charge in [-0.1, -0.05) is 43.3 Å². The molecule has 0 spiro atoms. The van der Waals surface area contributed by atoms with E-state index in [4.69, 9.17) is 5.73 Å². The summed E-state index contributed by atoms with van der Waals surface area (Å²) in [4.78, 5) is 22.4. The molecule has 0 fully saturated rings. The number of hydrogen-bond donors (Lipinski definition) is 1. The number of Topliss-reactive ketones (excluding diaryl/α,β-unsaturated/α-hetero) is 1. The first kappa shape index (κ1) is 17.9. The minimum atomic E-state index is -0.388. The maximum atomic E-state index is 11.3. The van der Waals surface area contributed by atoms with Crippen molar-refractivity contribution in [1.29, 1.82) is 0 Å². The molecule has 0 aliphatic carbocycles. The molecule has 0 radical (unpaired) electrons. The Morgan fingerprint density at radius 2 is 1.33 bits per heavy atom. The van der Waals surface area contributed by atoms with Crippen LogP contribution in [0.4, 0.5) is 0 Å². The average Bonchev–Trinajstić information content (AvgIpc) is 2.56. The van der Waals surface area contributed by atoms with Crippen molar-refractivity contribution < 1.29 is 9.59 Å². The lowest BCUT2D eigenvalue weighted by Gasteiger charge is -2.08. The first-order valence-corrected chi connectivity index (χ1v) is 8.42. The van der Waals surface area contributed by atoms with E-state index in [1.54, 1.807) is 19.1 Å². The van der Waals surface area contributed by atoms with Gasteiger partial charge in [-0.3, -0.25) is 9.59 Å². The Labute approximate surface area is 143 Å². The lowest BCUT2D eigenvalue weighted by molar-refractivity contribution is -0.120. The third-order valence-electron chi connectivity index (χ3n) is 4.43. The Bertz CT molecular complexity index is 687. The summed E-state index contributed by atoms with van der Waals surface area (Å²) in [7, 11) is 0. The van der Waals surface area contributed by atoms with Crippen LogP contribution in [0, 0.1) is 5.92 Å². The molecule has 0 bridgehead atoms. The number of amides is 1. The summed E-state index contributed by atoms with van der Waals surface area (Å²) in [6.45, 7) is 3.62. The van der Waals surface area contributed by atoms with Crippen LogP contribution >= 0.6 is 0 Å². The van der Waals surface area contributed by atoms with E-state index in [2.05, 4.69) is 24.3 Å². The van der Waals surface area contributed by atoms with Crippen LogP contribution in [0.5, 0.6) is 0 Å². The predicted molar refractivity (Wildman–Crippen MR) is 97.0 cm³/mol. The fourth-order valence-electron chi connectivity index (χ4n) is 2.67. The normalized spacial score (nSPS) is 11.9. The van der Waals surface area contributed by atoms with Crippen LogP contribution in [0.25, 0.3) is 0 Å². The van der Waals surface area contributed by atoms with Gasteiger partial charge < -0.3 is 5.73 Å². The molecular weight excluding hydrogens is 298 g/mol. The molecular formula is C21H25NO2. The highest BCUT2D eigenvalue weighted by Gasteiger charge is 2.08. The van der Waals surface area contributed by atoms with Crippen molar-refractivity contribution in [1.82, 2.24) is 0 Å². The zero-order valence-corrected chi connectivity index (χ0v) is 14.4. The Morgan fingerprint density at radius 1 is 0.875 bits per heavy atom. The largest absolute Gasteiger partial charge is 0.366 e. The molecule has 2 aromatic rings. The number of benzene rings is 2. The second-order valence-electron chi connectivity index (χ2n) is 6.45. The van der Waals surface area contributed by atoms with Crippen molar-refractivity contribution in [2.24, 2.45) is 11.7 Å². The van der Waals surface area contributed by atoms with E-state index in [-0.39, 0.29) is 17.6 Å². The topological polar surface area (TPSA) is 60.2 Å². The van der Waals surface area contributed by atoms with E-state index in [0.29, 0.717) is 5.56 Å². The standard InChI is InChI=1S/C21H25NO2/c1-15(16(2)23)14-19-8-6-17(7-9-19)4-3-5-18-10-12-20(13-11-18)21(22)24/h6-13,15H,3-5,14H2,1-2H3,(H2,22,24). The lowest BCUT2D eigenvalue weighted by Crippen LogP contribution is -2.10. The van der Waals surface area contributed by atoms with Crippen molar-refractivity contribution in [3.05, 3.63) is 70.8 Å². The van der Waals surface area contributed by atoms with Crippen LogP contribution in [0.1, 0.15) is 47.3 Å². The van der Waals surface area contributed by atoms with Crippen LogP contribution in [-0.4, -0.2) is 11.7 Å². The zero-order chi connectivity index (χ0) is 17.5. The second kappa shape index (κ2) is 8.44. The third-order valence-corrected chi connectivity index (χ3v) is 4.43. The zero-order valence-electron chi connectivity index (χ0n) is 14.4. The molecule has 0 aliphatic heterocycles. The number of ketones is 1. The molecule has 0 saturated carbocycles. The van der Waals surface area contributed by atoms with Gasteiger partial charge in [-0.05, 0) is 61.4 Å². The third kappa shape index (κ3) is 5.34. The van der Waals surface area contributed by atoms with E-state index in [9.17, 15) is 9.59 Å². The van der Waals surface area contributed by atoms with Crippen LogP contribution in [-0.2, 0) is 24.1 Å². The van der Waals surface area contributed by atoms with Gasteiger partial charge in [0, 0.05) is 11.5 Å². The number of aryl methyl sites for hydroxylation is 2. The van der Waals surface area contributed by atoms with Gasteiger partial charge in [-0.2, -0.15) is 0 Å². The van der Waals surface area contributed by atoms with E-state index < -0.39 is 0 Å². The minimum Gasteiger partial charge on any atom is -0.366 e. The summed E-state index contributed by atoms with van der Waals surface area (Å²) in [5.41, 5.74) is 9.53. The molecule has 1 amide bonds. The van der Waals surface area contributed by atoms with Crippen LogP contribution < -0.4 is 5.73 Å². The monoisotopic (exact) mass is 323 g/mol. The maximum absolute atomic E-state index is 11.3. The molecule has 2 N–H and O–H groups in total. The number of hydrogen-bond acceptors (Lipinski definition) is 2. The summed E-state index contributed by atoms with van der Waals surface area (Å²) in [5, 5.41) is 0. The van der Waals surface area contributed by atoms with Crippen molar-refractivity contribution in [3.63, 3.8) is 0 Å². The average molecular weight is 323 g/mol. The van der Waals surface area contributed by atoms with Gasteiger partial charge in [0.2, 0.25) is 5.91 Å². The minimum absolute atomic E-state index is 0.0826. The quantitative estimate of drug-likeness (QED) is 0.804. The van der Waals surface area contributed by atoms with E-state index in [1.807, 2.05) is 19.1 Å². The molecule has 126 valence electrons. The summed E-state index contributed by atoms with van der Waals surface area (Å²) < 4.78 is 0. The lowest BCUT2D eigenvalue weighted by atomic mass is 9.96. The predicted octanol–water partition coefficient (Wildman–Crippen LogP) is 3.73. The molecule has 24 heavy (non-hydrogen) atoms. The summed E-state index contributed by atoms with van der Waals surface area (Å²) in [5.74, 6) is -0.0682. The Balaban J connectivity index is 1.82. The fraction of sp³-hybridized carbons (Fsp3) is 0.333. The van der Waals surface area contributed by atoms with Crippen molar-refractivity contribution in [2.45, 2.75) is 39.5 Å². The molecule has 0 heterocycles. The molecule has 0 aliphatic rings. The molecule has 0 saturated heterocycles. The molecule has 3 heteroatoms. The van der Waals surface area contributed by atoms with Gasteiger partial charge >= 0.3 is 0 Å². The molecule has 2 aromatic carbocycles. The SMILES string of the molecule is CC(=O)C(C)Cc1ccc(CCCc2ccc(C(N)=O)cc2)cc1. The fourth-order valence-corrected chi connectivity index (χ4v) is 2.67. The van der Waals surface area contributed by atoms with Gasteiger partial charge in [0.05, 0.1) is 0 Å². The summed E-state index contributed by atoms with van der Waals surface area (Å²) >= 11 is 0. The molecule has 1 atom stereocenters. The van der Waals surface area contributed by atoms with E-state index in [0.717, 1.165) is 25.7 Å². The summed E-state index contributed by atoms with van der Waals surface area (Å²) in [6.07, 6.45) is 3.85. The molecule has 2 rings (SSSR count). The number of carbonyl (C=O) groups is 2.